The highest BCUT2D eigenvalue weighted by molar-refractivity contribution is 5.73. The van der Waals surface area contributed by atoms with Gasteiger partial charge in [-0.15, -0.1) is 0 Å². The molecule has 1 fully saturated rings. The molecule has 0 unspecified atom stereocenters. The first-order valence-electron chi connectivity index (χ1n) is 9.28. The van der Waals surface area contributed by atoms with E-state index in [1.165, 1.54) is 5.56 Å². The van der Waals surface area contributed by atoms with Gasteiger partial charge in [0.15, 0.2) is 0 Å². The van der Waals surface area contributed by atoms with Crippen molar-refractivity contribution < 1.29 is 19.1 Å². The molecule has 1 heterocycles. The number of rotatable bonds is 2. The molecule has 1 aromatic carbocycles. The third kappa shape index (κ3) is 5.37. The molecule has 0 bridgehead atoms. The Morgan fingerprint density at radius 3 is 2.00 bits per heavy atom. The van der Waals surface area contributed by atoms with Crippen molar-refractivity contribution in [1.29, 1.82) is 0 Å². The van der Waals surface area contributed by atoms with E-state index in [9.17, 15) is 9.59 Å². The van der Waals surface area contributed by atoms with Crippen LogP contribution in [0.2, 0.25) is 0 Å². The highest BCUT2D eigenvalue weighted by Gasteiger charge is 2.49. The Kier molecular flexibility index (Phi) is 5.51. The fourth-order valence-corrected chi connectivity index (χ4v) is 2.93. The minimum atomic E-state index is -0.683. The van der Waals surface area contributed by atoms with Crippen LogP contribution in [-0.4, -0.2) is 41.4 Å². The molecule has 1 saturated heterocycles. The van der Waals surface area contributed by atoms with E-state index in [1.807, 2.05) is 67.5 Å². The number of benzene rings is 1. The Balaban J connectivity index is 2.22. The van der Waals surface area contributed by atoms with Crippen molar-refractivity contribution in [2.24, 2.45) is 0 Å². The van der Waals surface area contributed by atoms with Crippen LogP contribution < -0.4 is 5.32 Å². The molecule has 27 heavy (non-hydrogen) atoms. The van der Waals surface area contributed by atoms with Gasteiger partial charge >= 0.3 is 12.2 Å². The van der Waals surface area contributed by atoms with Gasteiger partial charge in [-0.1, -0.05) is 18.2 Å². The first kappa shape index (κ1) is 21.1. The van der Waals surface area contributed by atoms with Crippen LogP contribution >= 0.6 is 0 Å². The Labute approximate surface area is 162 Å². The Hall–Kier alpha value is -2.24. The standard InChI is InChI=1S/C21H32N2O4/c1-14-9-10-16(11-15(14)2)21(22-17(24)26-19(3,4)5)12-23(13-21)18(25)27-20(6,7)8/h9-11H,12-13H2,1-8H3,(H,22,24). The summed E-state index contributed by atoms with van der Waals surface area (Å²) < 4.78 is 10.9. The SMILES string of the molecule is Cc1ccc(C2(NC(=O)OC(C)(C)C)CN(C(=O)OC(C)(C)C)C2)cc1C. The predicted octanol–water partition coefficient (Wildman–Crippen LogP) is 4.27. The minimum Gasteiger partial charge on any atom is -0.444 e. The second kappa shape index (κ2) is 7.06. The maximum Gasteiger partial charge on any atom is 0.410 e. The van der Waals surface area contributed by atoms with Crippen LogP contribution in [0.4, 0.5) is 9.59 Å². The zero-order chi connectivity index (χ0) is 20.6. The fraction of sp³-hybridized carbons (Fsp3) is 0.619. The smallest absolute Gasteiger partial charge is 0.410 e. The van der Waals surface area contributed by atoms with Crippen LogP contribution in [0.25, 0.3) is 0 Å². The summed E-state index contributed by atoms with van der Waals surface area (Å²) in [4.78, 5) is 26.4. The van der Waals surface area contributed by atoms with Crippen LogP contribution in [0, 0.1) is 13.8 Å². The first-order chi connectivity index (χ1) is 12.2. The summed E-state index contributed by atoms with van der Waals surface area (Å²) in [5, 5.41) is 2.99. The van der Waals surface area contributed by atoms with E-state index in [-0.39, 0.29) is 6.09 Å². The number of carbonyl (C=O) groups is 2. The number of ether oxygens (including phenoxy) is 2. The molecule has 1 aliphatic rings. The van der Waals surface area contributed by atoms with Gasteiger partial charge in [-0.2, -0.15) is 0 Å². The van der Waals surface area contributed by atoms with E-state index >= 15 is 0 Å². The Bertz CT molecular complexity index is 723. The van der Waals surface area contributed by atoms with E-state index in [1.54, 1.807) is 4.90 Å². The lowest BCUT2D eigenvalue weighted by Crippen LogP contribution is -2.69. The van der Waals surface area contributed by atoms with Gasteiger partial charge in [0.1, 0.15) is 16.7 Å². The van der Waals surface area contributed by atoms with Crippen LogP contribution in [0.15, 0.2) is 18.2 Å². The largest absolute Gasteiger partial charge is 0.444 e. The molecular weight excluding hydrogens is 344 g/mol. The average molecular weight is 376 g/mol. The second-order valence-corrected chi connectivity index (χ2v) is 9.34. The number of nitrogens with one attached hydrogen (secondary N) is 1. The molecule has 1 N–H and O–H groups in total. The maximum atomic E-state index is 12.4. The number of nitrogens with zero attached hydrogens (tertiary/aromatic N) is 1. The molecule has 1 aliphatic heterocycles. The van der Waals surface area contributed by atoms with Gasteiger partial charge in [0, 0.05) is 0 Å². The lowest BCUT2D eigenvalue weighted by atomic mass is 9.81. The molecule has 0 atom stereocenters. The summed E-state index contributed by atoms with van der Waals surface area (Å²) in [6.07, 6.45) is -0.877. The van der Waals surface area contributed by atoms with E-state index in [2.05, 4.69) is 11.4 Å². The highest BCUT2D eigenvalue weighted by atomic mass is 16.6. The Morgan fingerprint density at radius 1 is 0.963 bits per heavy atom. The van der Waals surface area contributed by atoms with Gasteiger partial charge in [-0.05, 0) is 72.1 Å². The summed E-state index contributed by atoms with van der Waals surface area (Å²) in [5.74, 6) is 0. The van der Waals surface area contributed by atoms with Crippen molar-refractivity contribution >= 4 is 12.2 Å². The quantitative estimate of drug-likeness (QED) is 0.837. The molecule has 0 aromatic heterocycles. The molecular formula is C21H32N2O4. The van der Waals surface area contributed by atoms with Crippen molar-refractivity contribution in [1.82, 2.24) is 10.2 Å². The van der Waals surface area contributed by atoms with Gasteiger partial charge in [-0.25, -0.2) is 9.59 Å². The molecule has 0 spiro atoms. The second-order valence-electron chi connectivity index (χ2n) is 9.34. The molecule has 0 aliphatic carbocycles. The molecule has 0 saturated carbocycles. The molecule has 150 valence electrons. The number of carbonyl (C=O) groups excluding carboxylic acids is 2. The number of alkyl carbamates (subject to hydrolysis) is 1. The predicted molar refractivity (Wildman–Crippen MR) is 105 cm³/mol. The third-order valence-corrected chi connectivity index (χ3v) is 4.37. The van der Waals surface area contributed by atoms with Crippen molar-refractivity contribution in [3.8, 4) is 0 Å². The van der Waals surface area contributed by atoms with Crippen LogP contribution in [-0.2, 0) is 15.0 Å². The van der Waals surface area contributed by atoms with E-state index in [0.717, 1.165) is 11.1 Å². The molecule has 0 radical (unpaired) electrons. The van der Waals surface area contributed by atoms with E-state index in [0.29, 0.717) is 13.1 Å². The van der Waals surface area contributed by atoms with Crippen molar-refractivity contribution in [3.63, 3.8) is 0 Å². The van der Waals surface area contributed by atoms with Crippen LogP contribution in [0.3, 0.4) is 0 Å². The Morgan fingerprint density at radius 2 is 1.52 bits per heavy atom. The summed E-state index contributed by atoms with van der Waals surface area (Å²) in [6, 6.07) is 6.07. The number of hydrogen-bond acceptors (Lipinski definition) is 4. The lowest BCUT2D eigenvalue weighted by molar-refractivity contribution is -0.0230. The topological polar surface area (TPSA) is 67.9 Å². The normalized spacial score (nSPS) is 16.4. The lowest BCUT2D eigenvalue weighted by Gasteiger charge is -2.50. The van der Waals surface area contributed by atoms with Gasteiger partial charge < -0.3 is 19.7 Å². The summed E-state index contributed by atoms with van der Waals surface area (Å²) in [6.45, 7) is 15.7. The monoisotopic (exact) mass is 376 g/mol. The molecule has 2 amide bonds. The maximum absolute atomic E-state index is 12.4. The van der Waals surface area contributed by atoms with E-state index in [4.69, 9.17) is 9.47 Å². The average Bonchev–Trinajstić information content (AvgIpc) is 2.41. The third-order valence-electron chi connectivity index (χ3n) is 4.37. The zero-order valence-corrected chi connectivity index (χ0v) is 17.7. The van der Waals surface area contributed by atoms with Gasteiger partial charge in [0.05, 0.1) is 13.1 Å². The van der Waals surface area contributed by atoms with Gasteiger partial charge in [-0.3, -0.25) is 0 Å². The van der Waals surface area contributed by atoms with E-state index < -0.39 is 22.8 Å². The van der Waals surface area contributed by atoms with Crippen LogP contribution in [0.5, 0.6) is 0 Å². The van der Waals surface area contributed by atoms with Gasteiger partial charge in [0.25, 0.3) is 0 Å². The molecule has 6 heteroatoms. The van der Waals surface area contributed by atoms with Crippen molar-refractivity contribution in [3.05, 3.63) is 34.9 Å². The summed E-state index contributed by atoms with van der Waals surface area (Å²) in [5.41, 5.74) is 1.43. The molecule has 1 aromatic rings. The first-order valence-corrected chi connectivity index (χ1v) is 9.28. The van der Waals surface area contributed by atoms with Gasteiger partial charge in [0.2, 0.25) is 0 Å². The van der Waals surface area contributed by atoms with Crippen molar-refractivity contribution in [2.75, 3.05) is 13.1 Å². The number of amides is 2. The number of hydrogen-bond donors (Lipinski definition) is 1. The minimum absolute atomic E-state index is 0.337. The number of likely N-dealkylation sites (tertiary alicyclic amines) is 1. The zero-order valence-electron chi connectivity index (χ0n) is 17.7. The fourth-order valence-electron chi connectivity index (χ4n) is 2.93. The number of aryl methyl sites for hydroxylation is 2. The molecule has 2 rings (SSSR count). The highest BCUT2D eigenvalue weighted by Crippen LogP contribution is 2.34. The summed E-state index contributed by atoms with van der Waals surface area (Å²) in [7, 11) is 0. The van der Waals surface area contributed by atoms with Crippen LogP contribution in [0.1, 0.15) is 58.2 Å². The molecule has 6 nitrogen and oxygen atoms in total. The summed E-state index contributed by atoms with van der Waals surface area (Å²) >= 11 is 0. The van der Waals surface area contributed by atoms with Crippen molar-refractivity contribution in [2.45, 2.75) is 72.1 Å².